The molecule has 21 heavy (non-hydrogen) atoms. The van der Waals surface area contributed by atoms with Gasteiger partial charge in [-0.3, -0.25) is 4.79 Å². The molecule has 1 saturated heterocycles. The van der Waals surface area contributed by atoms with Crippen molar-refractivity contribution in [3.63, 3.8) is 0 Å². The third-order valence-electron chi connectivity index (χ3n) is 3.97. The second-order valence-corrected chi connectivity index (χ2v) is 5.44. The molecule has 1 N–H and O–H groups in total. The van der Waals surface area contributed by atoms with E-state index in [1.807, 2.05) is 30.3 Å². The van der Waals surface area contributed by atoms with Crippen LogP contribution in [0.2, 0.25) is 0 Å². The molecule has 0 radical (unpaired) electrons. The molecule has 0 saturated carbocycles. The molecule has 0 bridgehead atoms. The molecule has 1 aromatic carbocycles. The number of aryl methyl sites for hydroxylation is 1. The Kier molecular flexibility index (Phi) is 3.47. The first-order valence-corrected chi connectivity index (χ1v) is 7.01. The molecule has 2 aromatic rings. The van der Waals surface area contributed by atoms with Gasteiger partial charge in [-0.25, -0.2) is 9.67 Å². The van der Waals surface area contributed by atoms with Crippen LogP contribution in [0.1, 0.15) is 29.0 Å². The van der Waals surface area contributed by atoms with Crippen LogP contribution in [0.5, 0.6) is 0 Å². The summed E-state index contributed by atoms with van der Waals surface area (Å²) in [6.07, 6.45) is 2.77. The monoisotopic (exact) mass is 286 g/mol. The summed E-state index contributed by atoms with van der Waals surface area (Å²) in [5.41, 5.74) is -0.145. The van der Waals surface area contributed by atoms with Gasteiger partial charge in [-0.15, -0.1) is 0 Å². The first-order valence-electron chi connectivity index (χ1n) is 7.01. The molecule has 1 atom stereocenters. The van der Waals surface area contributed by atoms with Crippen LogP contribution >= 0.6 is 0 Å². The van der Waals surface area contributed by atoms with Crippen molar-refractivity contribution < 1.29 is 9.90 Å². The van der Waals surface area contributed by atoms with E-state index in [9.17, 15) is 9.90 Å². The number of carbonyl (C=O) groups is 1. The van der Waals surface area contributed by atoms with E-state index in [1.54, 1.807) is 11.9 Å². The predicted octanol–water partition coefficient (Wildman–Crippen LogP) is 0.939. The van der Waals surface area contributed by atoms with Crippen LogP contribution in [0, 0.1) is 0 Å². The maximum absolute atomic E-state index is 12.5. The summed E-state index contributed by atoms with van der Waals surface area (Å²) >= 11 is 0. The fourth-order valence-electron chi connectivity index (χ4n) is 2.82. The Balaban J connectivity index is 1.83. The number of hydrogen-bond acceptors (Lipinski definition) is 4. The lowest BCUT2D eigenvalue weighted by Gasteiger charge is -2.39. The Morgan fingerprint density at radius 3 is 2.76 bits per heavy atom. The fourth-order valence-corrected chi connectivity index (χ4v) is 2.82. The molecular weight excluding hydrogens is 268 g/mol. The van der Waals surface area contributed by atoms with E-state index >= 15 is 0 Å². The van der Waals surface area contributed by atoms with Gasteiger partial charge in [-0.2, -0.15) is 5.10 Å². The molecular formula is C15H18N4O2. The van der Waals surface area contributed by atoms with Gasteiger partial charge in [0.05, 0.1) is 6.54 Å². The SMILES string of the molecule is Cn1ncnc1C(=O)N1CCCC(O)(c2ccccc2)C1. The van der Waals surface area contributed by atoms with Gasteiger partial charge in [0.15, 0.2) is 0 Å². The normalized spacial score (nSPS) is 22.3. The topological polar surface area (TPSA) is 71.2 Å². The number of piperidine rings is 1. The second kappa shape index (κ2) is 5.29. The van der Waals surface area contributed by atoms with E-state index in [4.69, 9.17) is 0 Å². The van der Waals surface area contributed by atoms with Gasteiger partial charge >= 0.3 is 0 Å². The highest BCUT2D eigenvalue weighted by molar-refractivity contribution is 5.90. The number of rotatable bonds is 2. The Labute approximate surface area is 123 Å². The van der Waals surface area contributed by atoms with E-state index in [0.717, 1.165) is 12.0 Å². The van der Waals surface area contributed by atoms with Gasteiger partial charge in [0, 0.05) is 13.6 Å². The minimum Gasteiger partial charge on any atom is -0.383 e. The molecule has 0 spiro atoms. The number of aromatic nitrogens is 3. The third kappa shape index (κ3) is 2.54. The average Bonchev–Trinajstić information content (AvgIpc) is 2.93. The van der Waals surface area contributed by atoms with Crippen molar-refractivity contribution in [1.29, 1.82) is 0 Å². The molecule has 1 aromatic heterocycles. The number of likely N-dealkylation sites (tertiary alicyclic amines) is 1. The first-order chi connectivity index (χ1) is 10.1. The van der Waals surface area contributed by atoms with E-state index < -0.39 is 5.60 Å². The standard InChI is InChI=1S/C15H18N4O2/c1-18-13(16-11-17-18)14(20)19-9-5-8-15(21,10-19)12-6-3-2-4-7-12/h2-4,6-7,11,21H,5,8-10H2,1H3. The number of hydrogen-bond donors (Lipinski definition) is 1. The summed E-state index contributed by atoms with van der Waals surface area (Å²) in [5, 5.41) is 14.8. The Hall–Kier alpha value is -2.21. The molecule has 1 aliphatic heterocycles. The molecule has 6 nitrogen and oxygen atoms in total. The van der Waals surface area contributed by atoms with Crippen LogP contribution in [-0.4, -0.2) is 43.8 Å². The van der Waals surface area contributed by atoms with Gasteiger partial charge in [-0.05, 0) is 18.4 Å². The van der Waals surface area contributed by atoms with Gasteiger partial charge in [0.1, 0.15) is 11.9 Å². The average molecular weight is 286 g/mol. The van der Waals surface area contributed by atoms with Crippen molar-refractivity contribution >= 4 is 5.91 Å². The largest absolute Gasteiger partial charge is 0.383 e. The minimum absolute atomic E-state index is 0.191. The number of β-amino-alcohol motifs (C(OH)–C–C–N with tert-alkyl or cyclic N) is 1. The maximum Gasteiger partial charge on any atom is 0.291 e. The number of nitrogens with zero attached hydrogens (tertiary/aromatic N) is 4. The zero-order valence-electron chi connectivity index (χ0n) is 11.9. The molecule has 1 amide bonds. The molecule has 3 rings (SSSR count). The highest BCUT2D eigenvalue weighted by Gasteiger charge is 2.37. The summed E-state index contributed by atoms with van der Waals surface area (Å²) in [7, 11) is 1.69. The van der Waals surface area contributed by atoms with Crippen LogP contribution < -0.4 is 0 Å². The first kappa shape index (κ1) is 13.8. The quantitative estimate of drug-likeness (QED) is 0.892. The summed E-state index contributed by atoms with van der Waals surface area (Å²) in [4.78, 5) is 18.1. The lowest BCUT2D eigenvalue weighted by molar-refractivity contribution is -0.0293. The van der Waals surface area contributed by atoms with Gasteiger partial charge in [0.25, 0.3) is 5.91 Å². The molecule has 1 fully saturated rings. The van der Waals surface area contributed by atoms with Crippen molar-refractivity contribution in [3.8, 4) is 0 Å². The van der Waals surface area contributed by atoms with Crippen molar-refractivity contribution in [2.45, 2.75) is 18.4 Å². The van der Waals surface area contributed by atoms with Gasteiger partial charge < -0.3 is 10.0 Å². The molecule has 110 valence electrons. The van der Waals surface area contributed by atoms with Crippen LogP contribution in [0.3, 0.4) is 0 Å². The zero-order chi connectivity index (χ0) is 14.9. The lowest BCUT2D eigenvalue weighted by atomic mass is 9.86. The predicted molar refractivity (Wildman–Crippen MR) is 76.5 cm³/mol. The summed E-state index contributed by atoms with van der Waals surface area (Å²) in [6, 6.07) is 9.51. The Bertz CT molecular complexity index is 640. The number of carbonyl (C=O) groups excluding carboxylic acids is 1. The molecule has 2 heterocycles. The number of aliphatic hydroxyl groups is 1. The van der Waals surface area contributed by atoms with Crippen molar-refractivity contribution in [1.82, 2.24) is 19.7 Å². The molecule has 0 aliphatic carbocycles. The fraction of sp³-hybridized carbons (Fsp3) is 0.400. The van der Waals surface area contributed by atoms with Crippen molar-refractivity contribution in [2.24, 2.45) is 7.05 Å². The van der Waals surface area contributed by atoms with Crippen LogP contribution in [0.4, 0.5) is 0 Å². The number of benzene rings is 1. The Morgan fingerprint density at radius 2 is 2.10 bits per heavy atom. The highest BCUT2D eigenvalue weighted by atomic mass is 16.3. The second-order valence-electron chi connectivity index (χ2n) is 5.44. The molecule has 1 unspecified atom stereocenters. The minimum atomic E-state index is -0.992. The van der Waals surface area contributed by atoms with Crippen LogP contribution in [0.25, 0.3) is 0 Å². The van der Waals surface area contributed by atoms with Gasteiger partial charge in [0.2, 0.25) is 5.82 Å². The van der Waals surface area contributed by atoms with E-state index in [2.05, 4.69) is 10.1 Å². The van der Waals surface area contributed by atoms with Crippen molar-refractivity contribution in [3.05, 3.63) is 48.0 Å². The zero-order valence-corrected chi connectivity index (χ0v) is 11.9. The molecule has 1 aliphatic rings. The van der Waals surface area contributed by atoms with E-state index in [1.165, 1.54) is 11.0 Å². The third-order valence-corrected chi connectivity index (χ3v) is 3.97. The highest BCUT2D eigenvalue weighted by Crippen LogP contribution is 2.31. The van der Waals surface area contributed by atoms with Gasteiger partial charge in [-0.1, -0.05) is 30.3 Å². The maximum atomic E-state index is 12.5. The summed E-state index contributed by atoms with van der Waals surface area (Å²) in [5.74, 6) is 0.108. The van der Waals surface area contributed by atoms with E-state index in [0.29, 0.717) is 18.8 Å². The summed E-state index contributed by atoms with van der Waals surface area (Å²) in [6.45, 7) is 0.906. The smallest absolute Gasteiger partial charge is 0.291 e. The number of amides is 1. The van der Waals surface area contributed by atoms with Crippen LogP contribution in [-0.2, 0) is 12.6 Å². The Morgan fingerprint density at radius 1 is 1.33 bits per heavy atom. The van der Waals surface area contributed by atoms with E-state index in [-0.39, 0.29) is 12.5 Å². The molecule has 6 heteroatoms. The van der Waals surface area contributed by atoms with Crippen molar-refractivity contribution in [2.75, 3.05) is 13.1 Å². The van der Waals surface area contributed by atoms with Crippen LogP contribution in [0.15, 0.2) is 36.7 Å². The summed E-state index contributed by atoms with van der Waals surface area (Å²) < 4.78 is 1.46. The lowest BCUT2D eigenvalue weighted by Crippen LogP contribution is -2.49.